The summed E-state index contributed by atoms with van der Waals surface area (Å²) in [5.74, 6) is 1.62. The molecule has 8 heteroatoms. The predicted molar refractivity (Wildman–Crippen MR) is 103 cm³/mol. The molecule has 6 nitrogen and oxygen atoms in total. The average molecular weight is 384 g/mol. The summed E-state index contributed by atoms with van der Waals surface area (Å²) in [7, 11) is 3.83. The standard InChI is InChI=1S/C19H30F2N4O2/c1-4-26-16-7-5-6-15(17(16)27-18(20)21)13-24-19(22-2)23-12-14-8-10-25(3)11-9-14/h5-7,14,18H,4,8-13H2,1-3H3,(H2,22,23,24). The van der Waals surface area contributed by atoms with Crippen molar-refractivity contribution in [1.82, 2.24) is 15.5 Å². The second-order valence-electron chi connectivity index (χ2n) is 6.61. The molecule has 27 heavy (non-hydrogen) atoms. The molecule has 0 aliphatic carbocycles. The second-order valence-corrected chi connectivity index (χ2v) is 6.61. The highest BCUT2D eigenvalue weighted by Crippen LogP contribution is 2.32. The van der Waals surface area contributed by atoms with Gasteiger partial charge in [-0.25, -0.2) is 0 Å². The summed E-state index contributed by atoms with van der Waals surface area (Å²) >= 11 is 0. The Morgan fingerprint density at radius 2 is 2.04 bits per heavy atom. The molecule has 1 aliphatic rings. The van der Waals surface area contributed by atoms with Crippen LogP contribution < -0.4 is 20.1 Å². The van der Waals surface area contributed by atoms with Crippen LogP contribution in [0.1, 0.15) is 25.3 Å². The van der Waals surface area contributed by atoms with E-state index in [1.807, 2.05) is 0 Å². The fraction of sp³-hybridized carbons (Fsp3) is 0.632. The molecular formula is C19H30F2N4O2. The summed E-state index contributed by atoms with van der Waals surface area (Å²) in [6.07, 6.45) is 2.31. The Morgan fingerprint density at radius 1 is 1.30 bits per heavy atom. The topological polar surface area (TPSA) is 58.1 Å². The van der Waals surface area contributed by atoms with Crippen LogP contribution in [0.4, 0.5) is 8.78 Å². The Bertz CT molecular complexity index is 605. The summed E-state index contributed by atoms with van der Waals surface area (Å²) in [6.45, 7) is 2.62. The lowest BCUT2D eigenvalue weighted by Gasteiger charge is -2.29. The van der Waals surface area contributed by atoms with Crippen molar-refractivity contribution >= 4 is 5.96 Å². The average Bonchev–Trinajstić information content (AvgIpc) is 2.65. The van der Waals surface area contributed by atoms with E-state index in [4.69, 9.17) is 9.47 Å². The van der Waals surface area contributed by atoms with Gasteiger partial charge in [0.1, 0.15) is 0 Å². The maximum atomic E-state index is 12.8. The van der Waals surface area contributed by atoms with E-state index in [2.05, 4.69) is 27.6 Å². The van der Waals surface area contributed by atoms with Crippen LogP contribution in [0, 0.1) is 5.92 Å². The lowest BCUT2D eigenvalue weighted by Crippen LogP contribution is -2.42. The molecule has 0 atom stereocenters. The van der Waals surface area contributed by atoms with Gasteiger partial charge in [0.15, 0.2) is 17.5 Å². The largest absolute Gasteiger partial charge is 0.490 e. The van der Waals surface area contributed by atoms with Gasteiger partial charge >= 0.3 is 6.61 Å². The van der Waals surface area contributed by atoms with Crippen LogP contribution in [0.2, 0.25) is 0 Å². The minimum Gasteiger partial charge on any atom is -0.490 e. The summed E-state index contributed by atoms with van der Waals surface area (Å²) in [5, 5.41) is 6.49. The number of ether oxygens (including phenoxy) is 2. The van der Waals surface area contributed by atoms with Crippen LogP contribution in [-0.4, -0.2) is 57.8 Å². The van der Waals surface area contributed by atoms with Crippen molar-refractivity contribution in [2.24, 2.45) is 10.9 Å². The van der Waals surface area contributed by atoms with Crippen molar-refractivity contribution in [3.8, 4) is 11.5 Å². The Hall–Kier alpha value is -2.09. The highest BCUT2D eigenvalue weighted by Gasteiger charge is 2.18. The summed E-state index contributed by atoms with van der Waals surface area (Å²) in [5.41, 5.74) is 0.587. The number of likely N-dealkylation sites (tertiary alicyclic amines) is 1. The van der Waals surface area contributed by atoms with Crippen LogP contribution in [-0.2, 0) is 6.54 Å². The molecule has 0 spiro atoms. The van der Waals surface area contributed by atoms with Gasteiger partial charge in [-0.3, -0.25) is 4.99 Å². The van der Waals surface area contributed by atoms with Crippen LogP contribution in [0.15, 0.2) is 23.2 Å². The molecule has 1 aromatic rings. The number of halogens is 2. The van der Waals surface area contributed by atoms with Crippen molar-refractivity contribution in [3.05, 3.63) is 23.8 Å². The van der Waals surface area contributed by atoms with Crippen LogP contribution in [0.3, 0.4) is 0 Å². The van der Waals surface area contributed by atoms with Gasteiger partial charge in [-0.05, 0) is 51.9 Å². The van der Waals surface area contributed by atoms with E-state index in [0.29, 0.717) is 36.3 Å². The smallest absolute Gasteiger partial charge is 0.387 e. The summed E-state index contributed by atoms with van der Waals surface area (Å²) < 4.78 is 35.7. The predicted octanol–water partition coefficient (Wildman–Crippen LogP) is 2.69. The molecule has 1 heterocycles. The lowest BCUT2D eigenvalue weighted by molar-refractivity contribution is -0.0520. The molecule has 1 aliphatic heterocycles. The fourth-order valence-corrected chi connectivity index (χ4v) is 3.10. The Kier molecular flexibility index (Phi) is 8.57. The number of hydrogen-bond acceptors (Lipinski definition) is 4. The molecule has 1 aromatic carbocycles. The zero-order valence-electron chi connectivity index (χ0n) is 16.3. The number of hydrogen-bond donors (Lipinski definition) is 2. The van der Waals surface area contributed by atoms with Crippen molar-refractivity contribution in [3.63, 3.8) is 0 Å². The molecule has 0 saturated carbocycles. The molecule has 0 amide bonds. The first-order valence-corrected chi connectivity index (χ1v) is 9.36. The number of nitrogens with one attached hydrogen (secondary N) is 2. The molecule has 0 aromatic heterocycles. The maximum absolute atomic E-state index is 12.8. The van der Waals surface area contributed by atoms with E-state index in [1.165, 1.54) is 0 Å². The van der Waals surface area contributed by atoms with E-state index in [1.54, 1.807) is 32.2 Å². The number of nitrogens with zero attached hydrogens (tertiary/aromatic N) is 2. The SMILES string of the molecule is CCOc1cccc(CNC(=NC)NCC2CCN(C)CC2)c1OC(F)F. The molecular weight excluding hydrogens is 354 g/mol. The number of aliphatic imine (C=N–C) groups is 1. The van der Waals surface area contributed by atoms with Gasteiger partial charge in [0.25, 0.3) is 0 Å². The quantitative estimate of drug-likeness (QED) is 0.533. The fourth-order valence-electron chi connectivity index (χ4n) is 3.10. The number of para-hydroxylation sites is 1. The first kappa shape index (κ1) is 21.2. The zero-order valence-corrected chi connectivity index (χ0v) is 16.3. The highest BCUT2D eigenvalue weighted by atomic mass is 19.3. The molecule has 152 valence electrons. The Balaban J connectivity index is 1.94. The van der Waals surface area contributed by atoms with Gasteiger partial charge in [0.2, 0.25) is 0 Å². The molecule has 2 N–H and O–H groups in total. The molecule has 0 bridgehead atoms. The van der Waals surface area contributed by atoms with E-state index < -0.39 is 6.61 Å². The molecule has 1 saturated heterocycles. The first-order chi connectivity index (χ1) is 13.0. The third-order valence-corrected chi connectivity index (χ3v) is 4.63. The van der Waals surface area contributed by atoms with Crippen molar-refractivity contribution in [2.75, 3.05) is 40.3 Å². The third kappa shape index (κ3) is 6.86. The summed E-state index contributed by atoms with van der Waals surface area (Å²) in [4.78, 5) is 6.55. The zero-order chi connectivity index (χ0) is 19.6. The summed E-state index contributed by atoms with van der Waals surface area (Å²) in [6, 6.07) is 5.12. The monoisotopic (exact) mass is 384 g/mol. The van der Waals surface area contributed by atoms with Gasteiger partial charge in [0, 0.05) is 25.7 Å². The van der Waals surface area contributed by atoms with Gasteiger partial charge in [-0.15, -0.1) is 0 Å². The van der Waals surface area contributed by atoms with Crippen molar-refractivity contribution in [1.29, 1.82) is 0 Å². The minimum absolute atomic E-state index is 0.0626. The van der Waals surface area contributed by atoms with Crippen LogP contribution >= 0.6 is 0 Å². The van der Waals surface area contributed by atoms with E-state index >= 15 is 0 Å². The molecule has 2 rings (SSSR count). The Labute approximate surface area is 159 Å². The van der Waals surface area contributed by atoms with Gasteiger partial charge in [-0.2, -0.15) is 8.78 Å². The second kappa shape index (κ2) is 10.9. The maximum Gasteiger partial charge on any atom is 0.387 e. The number of benzene rings is 1. The minimum atomic E-state index is -2.91. The number of rotatable bonds is 8. The van der Waals surface area contributed by atoms with Gasteiger partial charge in [-0.1, -0.05) is 12.1 Å². The van der Waals surface area contributed by atoms with Crippen LogP contribution in [0.25, 0.3) is 0 Å². The molecule has 0 unspecified atom stereocenters. The number of alkyl halides is 2. The van der Waals surface area contributed by atoms with Crippen molar-refractivity contribution < 1.29 is 18.3 Å². The van der Waals surface area contributed by atoms with E-state index in [0.717, 1.165) is 32.5 Å². The Morgan fingerprint density at radius 3 is 2.67 bits per heavy atom. The molecule has 0 radical (unpaired) electrons. The number of piperidine rings is 1. The first-order valence-electron chi connectivity index (χ1n) is 9.36. The third-order valence-electron chi connectivity index (χ3n) is 4.63. The molecule has 1 fully saturated rings. The normalized spacial score (nSPS) is 16.4. The van der Waals surface area contributed by atoms with E-state index in [-0.39, 0.29) is 5.75 Å². The highest BCUT2D eigenvalue weighted by molar-refractivity contribution is 5.79. The number of guanidine groups is 1. The lowest BCUT2D eigenvalue weighted by atomic mass is 9.97. The van der Waals surface area contributed by atoms with Crippen molar-refractivity contribution in [2.45, 2.75) is 32.9 Å². The van der Waals surface area contributed by atoms with E-state index in [9.17, 15) is 8.78 Å². The van der Waals surface area contributed by atoms with Crippen LogP contribution in [0.5, 0.6) is 11.5 Å². The van der Waals surface area contributed by atoms with Gasteiger partial charge < -0.3 is 25.0 Å². The van der Waals surface area contributed by atoms with Gasteiger partial charge in [0.05, 0.1) is 6.61 Å².